The number of benzene rings is 3. The molecule has 0 amide bonds. The SMILES string of the molecule is Cc1cccc(C)c1B1N(c2ccccc2)c2cccc(C)c2-c2n(C)cc[n+]21. The van der Waals surface area contributed by atoms with Gasteiger partial charge < -0.3 is 4.81 Å². The molecule has 0 atom stereocenters. The van der Waals surface area contributed by atoms with E-state index in [-0.39, 0.29) is 6.98 Å². The van der Waals surface area contributed by atoms with Gasteiger partial charge in [-0.05, 0) is 55.7 Å². The lowest BCUT2D eigenvalue weighted by Gasteiger charge is -2.35. The van der Waals surface area contributed by atoms with Crippen molar-refractivity contribution in [2.24, 2.45) is 7.05 Å². The molecule has 0 saturated carbocycles. The highest BCUT2D eigenvalue weighted by Gasteiger charge is 2.46. The molecule has 0 fully saturated rings. The predicted octanol–water partition coefficient (Wildman–Crippen LogP) is 4.30. The summed E-state index contributed by atoms with van der Waals surface area (Å²) >= 11 is 0. The molecule has 5 rings (SSSR count). The van der Waals surface area contributed by atoms with E-state index in [1.54, 1.807) is 0 Å². The first kappa shape index (κ1) is 17.8. The summed E-state index contributed by atoms with van der Waals surface area (Å²) in [5.74, 6) is 1.25. The van der Waals surface area contributed by atoms with Gasteiger partial charge in [0, 0.05) is 16.8 Å². The molecule has 1 aromatic heterocycles. The molecule has 29 heavy (non-hydrogen) atoms. The lowest BCUT2D eigenvalue weighted by molar-refractivity contribution is -0.523. The van der Waals surface area contributed by atoms with E-state index in [4.69, 9.17) is 0 Å². The Morgan fingerprint density at radius 3 is 2.14 bits per heavy atom. The third kappa shape index (κ3) is 2.63. The Bertz CT molecular complexity index is 1190. The zero-order valence-corrected chi connectivity index (χ0v) is 17.4. The Kier molecular flexibility index (Phi) is 4.09. The molecule has 0 saturated heterocycles. The standard InChI is InChI=1S/C25H25BN3/c1-18-10-9-15-22-23(18)25-27(4)16-17-28(25)26(24-19(2)11-8-12-20(24)3)29(22)21-13-6-5-7-14-21/h5-17H,1-4H3/q+1. The number of fused-ring (bicyclic) bond motifs is 3. The molecule has 0 unspecified atom stereocenters. The summed E-state index contributed by atoms with van der Waals surface area (Å²) in [6.07, 6.45) is 4.39. The van der Waals surface area contributed by atoms with Gasteiger partial charge in [0.15, 0.2) is 0 Å². The molecule has 3 aromatic carbocycles. The third-order valence-electron chi connectivity index (χ3n) is 6.11. The summed E-state index contributed by atoms with van der Waals surface area (Å²) in [6, 6.07) is 24.0. The minimum atomic E-state index is 0.0594. The highest BCUT2D eigenvalue weighted by molar-refractivity contribution is 6.72. The van der Waals surface area contributed by atoms with E-state index in [1.165, 1.54) is 44.9 Å². The molecule has 142 valence electrons. The normalized spacial score (nSPS) is 12.7. The summed E-state index contributed by atoms with van der Waals surface area (Å²) in [5, 5.41) is 0. The van der Waals surface area contributed by atoms with Crippen molar-refractivity contribution in [2.75, 3.05) is 4.81 Å². The van der Waals surface area contributed by atoms with Crippen molar-refractivity contribution in [1.82, 2.24) is 4.57 Å². The third-order valence-corrected chi connectivity index (χ3v) is 6.11. The number of imidazole rings is 1. The number of rotatable bonds is 2. The van der Waals surface area contributed by atoms with E-state index >= 15 is 0 Å². The van der Waals surface area contributed by atoms with Crippen LogP contribution in [0.5, 0.6) is 0 Å². The largest absolute Gasteiger partial charge is 0.542 e. The molecular weight excluding hydrogens is 353 g/mol. The first-order valence-electron chi connectivity index (χ1n) is 10.1. The van der Waals surface area contributed by atoms with E-state index in [0.29, 0.717) is 0 Å². The van der Waals surface area contributed by atoms with Gasteiger partial charge >= 0.3 is 6.98 Å². The van der Waals surface area contributed by atoms with Gasteiger partial charge in [-0.2, -0.15) is 0 Å². The Morgan fingerprint density at radius 2 is 1.41 bits per heavy atom. The Labute approximate surface area is 173 Å². The van der Waals surface area contributed by atoms with Crippen LogP contribution in [0.15, 0.2) is 79.1 Å². The fraction of sp³-hybridized carbons (Fsp3) is 0.160. The summed E-state index contributed by atoms with van der Waals surface area (Å²) in [6.45, 7) is 6.71. The predicted molar refractivity (Wildman–Crippen MR) is 121 cm³/mol. The lowest BCUT2D eigenvalue weighted by Crippen LogP contribution is -2.70. The van der Waals surface area contributed by atoms with Gasteiger partial charge in [-0.1, -0.05) is 48.5 Å². The van der Waals surface area contributed by atoms with E-state index in [9.17, 15) is 0 Å². The molecule has 4 heteroatoms. The van der Waals surface area contributed by atoms with Crippen LogP contribution in [0, 0.1) is 20.8 Å². The maximum Gasteiger partial charge on any atom is 0.542 e. The van der Waals surface area contributed by atoms with Crippen LogP contribution in [0.1, 0.15) is 16.7 Å². The van der Waals surface area contributed by atoms with Gasteiger partial charge in [0.05, 0.1) is 12.6 Å². The molecule has 0 aliphatic carbocycles. The van der Waals surface area contributed by atoms with E-state index < -0.39 is 0 Å². The fourth-order valence-corrected chi connectivity index (χ4v) is 4.77. The number of hydrogen-bond donors (Lipinski definition) is 0. The van der Waals surface area contributed by atoms with Crippen LogP contribution in [0.25, 0.3) is 11.4 Å². The fourth-order valence-electron chi connectivity index (χ4n) is 4.77. The van der Waals surface area contributed by atoms with Crippen LogP contribution in [-0.2, 0) is 7.05 Å². The first-order chi connectivity index (χ1) is 14.1. The van der Waals surface area contributed by atoms with Crippen LogP contribution < -0.4 is 14.8 Å². The van der Waals surface area contributed by atoms with Crippen LogP contribution in [0.4, 0.5) is 11.4 Å². The molecular formula is C25H25BN3+. The molecule has 3 nitrogen and oxygen atoms in total. The smallest absolute Gasteiger partial charge is 0.339 e. The Balaban J connectivity index is 1.90. The molecule has 0 bridgehead atoms. The van der Waals surface area contributed by atoms with Crippen molar-refractivity contribution in [3.63, 3.8) is 0 Å². The van der Waals surface area contributed by atoms with E-state index in [2.05, 4.69) is 121 Å². The van der Waals surface area contributed by atoms with Crippen molar-refractivity contribution in [3.8, 4) is 11.4 Å². The number of anilines is 2. The van der Waals surface area contributed by atoms with Gasteiger partial charge in [0.2, 0.25) is 0 Å². The second-order valence-corrected chi connectivity index (χ2v) is 7.99. The molecule has 1 aliphatic heterocycles. The minimum Gasteiger partial charge on any atom is -0.339 e. The summed E-state index contributed by atoms with van der Waals surface area (Å²) in [7, 11) is 2.14. The van der Waals surface area contributed by atoms with Gasteiger partial charge in [-0.15, -0.1) is 0 Å². The molecule has 2 heterocycles. The van der Waals surface area contributed by atoms with Crippen molar-refractivity contribution < 1.29 is 4.48 Å². The van der Waals surface area contributed by atoms with Crippen molar-refractivity contribution >= 4 is 23.8 Å². The quantitative estimate of drug-likeness (QED) is 0.474. The Morgan fingerprint density at radius 1 is 0.759 bits per heavy atom. The number of hydrogen-bond acceptors (Lipinski definition) is 1. The van der Waals surface area contributed by atoms with Crippen molar-refractivity contribution in [1.29, 1.82) is 0 Å². The summed E-state index contributed by atoms with van der Waals surface area (Å²) in [4.78, 5) is 2.49. The minimum absolute atomic E-state index is 0.0594. The van der Waals surface area contributed by atoms with E-state index in [0.717, 1.165) is 0 Å². The van der Waals surface area contributed by atoms with Crippen molar-refractivity contribution in [3.05, 3.63) is 95.8 Å². The number of nitrogens with zero attached hydrogens (tertiary/aromatic N) is 3. The number of aromatic nitrogens is 2. The van der Waals surface area contributed by atoms with E-state index in [1.807, 2.05) is 0 Å². The molecule has 1 aliphatic rings. The monoisotopic (exact) mass is 378 g/mol. The molecule has 0 radical (unpaired) electrons. The second kappa shape index (κ2) is 6.66. The van der Waals surface area contributed by atoms with Gasteiger partial charge in [0.1, 0.15) is 12.4 Å². The number of para-hydroxylation sites is 1. The van der Waals surface area contributed by atoms with Crippen LogP contribution >= 0.6 is 0 Å². The summed E-state index contributed by atoms with van der Waals surface area (Å²) < 4.78 is 4.67. The average Bonchev–Trinajstić information content (AvgIpc) is 3.10. The second-order valence-electron chi connectivity index (χ2n) is 7.99. The molecule has 0 spiro atoms. The van der Waals surface area contributed by atoms with Gasteiger partial charge in [-0.25, -0.2) is 4.57 Å². The highest BCUT2D eigenvalue weighted by Crippen LogP contribution is 2.39. The lowest BCUT2D eigenvalue weighted by atomic mass is 9.59. The van der Waals surface area contributed by atoms with Crippen molar-refractivity contribution in [2.45, 2.75) is 20.8 Å². The Hall–Kier alpha value is -3.27. The first-order valence-corrected chi connectivity index (χ1v) is 10.1. The maximum absolute atomic E-state index is 2.49. The van der Waals surface area contributed by atoms with Gasteiger partial charge in [0.25, 0.3) is 5.82 Å². The van der Waals surface area contributed by atoms with Gasteiger partial charge in [-0.3, -0.25) is 4.48 Å². The maximum atomic E-state index is 2.49. The van der Waals surface area contributed by atoms with Crippen LogP contribution in [-0.4, -0.2) is 11.5 Å². The molecule has 4 aromatic rings. The van der Waals surface area contributed by atoms with Crippen LogP contribution in [0.3, 0.4) is 0 Å². The zero-order valence-electron chi connectivity index (χ0n) is 17.4. The summed E-state index contributed by atoms with van der Waals surface area (Å²) in [5.41, 5.74) is 9.04. The number of aryl methyl sites for hydroxylation is 4. The topological polar surface area (TPSA) is 12.1 Å². The zero-order chi connectivity index (χ0) is 20.1. The molecule has 0 N–H and O–H groups in total. The average molecular weight is 378 g/mol. The van der Waals surface area contributed by atoms with Crippen LogP contribution in [0.2, 0.25) is 0 Å². The highest BCUT2D eigenvalue weighted by atomic mass is 15.2.